The molecule has 1 aromatic rings. The van der Waals surface area contributed by atoms with Crippen LogP contribution < -0.4 is 5.32 Å². The molecule has 1 aromatic heterocycles. The second-order valence-electron chi connectivity index (χ2n) is 4.62. The summed E-state index contributed by atoms with van der Waals surface area (Å²) < 4.78 is 23.5. The van der Waals surface area contributed by atoms with E-state index in [4.69, 9.17) is 0 Å². The van der Waals surface area contributed by atoms with Crippen LogP contribution >= 0.6 is 23.1 Å². The molecule has 106 valence electrons. The highest BCUT2D eigenvalue weighted by Gasteiger charge is 2.30. The van der Waals surface area contributed by atoms with E-state index in [1.165, 1.54) is 23.1 Å². The Kier molecular flexibility index (Phi) is 4.52. The number of hydrogen-bond acceptors (Lipinski definition) is 6. The summed E-state index contributed by atoms with van der Waals surface area (Å²) in [6, 6.07) is -0.237. The Labute approximate surface area is 121 Å². The highest BCUT2D eigenvalue weighted by molar-refractivity contribution is 8.02. The van der Waals surface area contributed by atoms with Gasteiger partial charge in [0.25, 0.3) is 0 Å². The van der Waals surface area contributed by atoms with E-state index < -0.39 is 9.84 Å². The molecule has 1 aliphatic rings. The fraction of sp³-hybridized carbons (Fsp3) is 0.636. The molecule has 1 aliphatic heterocycles. The maximum Gasteiger partial charge on any atom is 0.233 e. The molecule has 1 amide bonds. The zero-order valence-corrected chi connectivity index (χ0v) is 13.2. The highest BCUT2D eigenvalue weighted by atomic mass is 32.2. The van der Waals surface area contributed by atoms with Crippen LogP contribution in [0.25, 0.3) is 0 Å². The van der Waals surface area contributed by atoms with Crippen molar-refractivity contribution >= 4 is 38.8 Å². The predicted octanol–water partition coefficient (Wildman–Crippen LogP) is 1.24. The number of thioether (sulfide) groups is 1. The SMILES string of the molecule is Cc1csc(S[C@H](C)C(=O)N[C@H]2CCS(=O)(=O)C2)n1. The number of nitrogens with zero attached hydrogens (tertiary/aromatic N) is 1. The summed E-state index contributed by atoms with van der Waals surface area (Å²) >= 11 is 2.92. The van der Waals surface area contributed by atoms with E-state index >= 15 is 0 Å². The molecule has 0 unspecified atom stereocenters. The van der Waals surface area contributed by atoms with Gasteiger partial charge in [-0.15, -0.1) is 11.3 Å². The molecule has 0 aliphatic carbocycles. The van der Waals surface area contributed by atoms with Crippen molar-refractivity contribution in [3.8, 4) is 0 Å². The number of aryl methyl sites for hydroxylation is 1. The molecule has 0 spiro atoms. The van der Waals surface area contributed by atoms with Crippen molar-refractivity contribution in [1.82, 2.24) is 10.3 Å². The van der Waals surface area contributed by atoms with E-state index in [0.29, 0.717) is 6.42 Å². The van der Waals surface area contributed by atoms with Gasteiger partial charge in [-0.1, -0.05) is 11.8 Å². The molecule has 0 aromatic carbocycles. The van der Waals surface area contributed by atoms with Gasteiger partial charge in [0.15, 0.2) is 14.2 Å². The Morgan fingerprint density at radius 3 is 2.89 bits per heavy atom. The number of thiazole rings is 1. The molecule has 19 heavy (non-hydrogen) atoms. The molecule has 2 heterocycles. The zero-order chi connectivity index (χ0) is 14.0. The van der Waals surface area contributed by atoms with E-state index in [1.54, 1.807) is 6.92 Å². The fourth-order valence-corrected chi connectivity index (χ4v) is 5.49. The standard InChI is InChI=1S/C11H16N2O3S3/c1-7-5-17-11(12-7)18-8(2)10(14)13-9-3-4-19(15,16)6-9/h5,8-9H,3-4,6H2,1-2H3,(H,13,14)/t8-,9+/m1/s1. The van der Waals surface area contributed by atoms with Gasteiger partial charge in [-0.05, 0) is 20.3 Å². The molecule has 1 N–H and O–H groups in total. The van der Waals surface area contributed by atoms with Crippen LogP contribution in [0.3, 0.4) is 0 Å². The van der Waals surface area contributed by atoms with Crippen molar-refractivity contribution in [1.29, 1.82) is 0 Å². The third kappa shape index (κ3) is 4.19. The molecule has 2 rings (SSSR count). The van der Waals surface area contributed by atoms with Gasteiger partial charge in [0, 0.05) is 17.1 Å². The lowest BCUT2D eigenvalue weighted by Crippen LogP contribution is -2.39. The van der Waals surface area contributed by atoms with Gasteiger partial charge in [0.2, 0.25) is 5.91 Å². The second-order valence-corrected chi connectivity index (χ2v) is 9.30. The smallest absolute Gasteiger partial charge is 0.233 e. The van der Waals surface area contributed by atoms with Gasteiger partial charge in [0.05, 0.1) is 16.8 Å². The minimum atomic E-state index is -2.95. The van der Waals surface area contributed by atoms with E-state index in [0.717, 1.165) is 10.0 Å². The first-order valence-corrected chi connectivity index (χ1v) is 9.53. The topological polar surface area (TPSA) is 76.1 Å². The summed E-state index contributed by atoms with van der Waals surface area (Å²) in [5.74, 6) is 0.109. The van der Waals surface area contributed by atoms with Crippen molar-refractivity contribution in [2.45, 2.75) is 35.9 Å². The summed E-state index contributed by atoms with van der Waals surface area (Å²) in [5.41, 5.74) is 0.946. The highest BCUT2D eigenvalue weighted by Crippen LogP contribution is 2.26. The summed E-state index contributed by atoms with van der Waals surface area (Å²) in [7, 11) is -2.95. The minimum Gasteiger partial charge on any atom is -0.351 e. The average Bonchev–Trinajstić information content (AvgIpc) is 2.85. The lowest BCUT2D eigenvalue weighted by molar-refractivity contribution is -0.120. The third-order valence-electron chi connectivity index (χ3n) is 2.82. The number of carbonyl (C=O) groups is 1. The Morgan fingerprint density at radius 1 is 1.63 bits per heavy atom. The summed E-state index contributed by atoms with van der Waals surface area (Å²) in [5, 5.41) is 4.47. The molecule has 8 heteroatoms. The van der Waals surface area contributed by atoms with Crippen LogP contribution in [-0.2, 0) is 14.6 Å². The van der Waals surface area contributed by atoms with Gasteiger partial charge in [-0.3, -0.25) is 4.79 Å². The van der Waals surface area contributed by atoms with Crippen molar-refractivity contribution in [2.24, 2.45) is 0 Å². The number of amides is 1. The predicted molar refractivity (Wildman–Crippen MR) is 77.4 cm³/mol. The molecule has 1 fully saturated rings. The van der Waals surface area contributed by atoms with Crippen LogP contribution in [0.2, 0.25) is 0 Å². The Morgan fingerprint density at radius 2 is 2.37 bits per heavy atom. The number of sulfone groups is 1. The lowest BCUT2D eigenvalue weighted by Gasteiger charge is -2.14. The number of carbonyl (C=O) groups excluding carboxylic acids is 1. The first-order chi connectivity index (χ1) is 8.85. The molecule has 0 bridgehead atoms. The number of aromatic nitrogens is 1. The fourth-order valence-electron chi connectivity index (χ4n) is 1.82. The molecule has 0 saturated carbocycles. The molecular formula is C11H16N2O3S3. The van der Waals surface area contributed by atoms with Crippen molar-refractivity contribution in [2.75, 3.05) is 11.5 Å². The monoisotopic (exact) mass is 320 g/mol. The number of hydrogen-bond donors (Lipinski definition) is 1. The number of rotatable bonds is 4. The Bertz CT molecular complexity index is 567. The van der Waals surface area contributed by atoms with Crippen LogP contribution in [0.15, 0.2) is 9.72 Å². The Hall–Kier alpha value is -0.600. The van der Waals surface area contributed by atoms with Crippen molar-refractivity contribution in [3.63, 3.8) is 0 Å². The van der Waals surface area contributed by atoms with E-state index in [-0.39, 0.29) is 28.7 Å². The van der Waals surface area contributed by atoms with Crippen LogP contribution in [0.4, 0.5) is 0 Å². The van der Waals surface area contributed by atoms with E-state index in [9.17, 15) is 13.2 Å². The largest absolute Gasteiger partial charge is 0.351 e. The molecule has 5 nitrogen and oxygen atoms in total. The maximum absolute atomic E-state index is 12.0. The molecular weight excluding hydrogens is 304 g/mol. The summed E-state index contributed by atoms with van der Waals surface area (Å²) in [6.07, 6.45) is 0.516. The minimum absolute atomic E-state index is 0.0620. The molecule has 1 saturated heterocycles. The van der Waals surface area contributed by atoms with Crippen LogP contribution in [0, 0.1) is 6.92 Å². The zero-order valence-electron chi connectivity index (χ0n) is 10.8. The first kappa shape index (κ1) is 14.8. The quantitative estimate of drug-likeness (QED) is 0.845. The van der Waals surface area contributed by atoms with Gasteiger partial charge in [-0.2, -0.15) is 0 Å². The second kappa shape index (κ2) is 5.80. The van der Waals surface area contributed by atoms with Crippen LogP contribution in [0.5, 0.6) is 0 Å². The van der Waals surface area contributed by atoms with E-state index in [1.807, 2.05) is 12.3 Å². The van der Waals surface area contributed by atoms with E-state index in [2.05, 4.69) is 10.3 Å². The first-order valence-electron chi connectivity index (χ1n) is 5.95. The van der Waals surface area contributed by atoms with Gasteiger partial charge >= 0.3 is 0 Å². The molecule has 2 atom stereocenters. The van der Waals surface area contributed by atoms with Gasteiger partial charge in [-0.25, -0.2) is 13.4 Å². The summed E-state index contributed by atoms with van der Waals surface area (Å²) in [4.78, 5) is 16.3. The normalized spacial score (nSPS) is 23.2. The lowest BCUT2D eigenvalue weighted by atomic mass is 10.2. The molecule has 0 radical (unpaired) electrons. The van der Waals surface area contributed by atoms with Gasteiger partial charge in [0.1, 0.15) is 0 Å². The van der Waals surface area contributed by atoms with Crippen LogP contribution in [-0.4, -0.2) is 42.1 Å². The van der Waals surface area contributed by atoms with Crippen molar-refractivity contribution in [3.05, 3.63) is 11.1 Å². The maximum atomic E-state index is 12.0. The average molecular weight is 320 g/mol. The van der Waals surface area contributed by atoms with Gasteiger partial charge < -0.3 is 5.32 Å². The number of nitrogens with one attached hydrogen (secondary N) is 1. The summed E-state index contributed by atoms with van der Waals surface area (Å²) in [6.45, 7) is 3.72. The Balaban J connectivity index is 1.86. The van der Waals surface area contributed by atoms with Crippen LogP contribution in [0.1, 0.15) is 19.0 Å². The van der Waals surface area contributed by atoms with Crippen molar-refractivity contribution < 1.29 is 13.2 Å². The third-order valence-corrected chi connectivity index (χ3v) is 6.78.